The molecule has 5 nitrogen and oxygen atoms in total. The predicted molar refractivity (Wildman–Crippen MR) is 148 cm³/mol. The Hall–Kier alpha value is -2.86. The number of hydrogen-bond donors (Lipinski definition) is 0. The minimum Gasteiger partial charge on any atom is -0.343 e. The minimum atomic E-state index is 0.102. The highest BCUT2D eigenvalue weighted by atomic mass is 32.1. The molecule has 3 aliphatic rings. The first-order valence-corrected chi connectivity index (χ1v) is 14.4. The molecule has 0 spiro atoms. The van der Waals surface area contributed by atoms with Crippen molar-refractivity contribution in [2.75, 3.05) is 36.5 Å². The molecule has 1 aliphatic carbocycles. The average Bonchev–Trinajstić information content (AvgIpc) is 3.39. The van der Waals surface area contributed by atoms with Crippen molar-refractivity contribution < 1.29 is 4.79 Å². The van der Waals surface area contributed by atoms with E-state index in [1.54, 1.807) is 0 Å². The van der Waals surface area contributed by atoms with E-state index in [0.29, 0.717) is 0 Å². The summed E-state index contributed by atoms with van der Waals surface area (Å²) in [7, 11) is 1.89. The monoisotopic (exact) mass is 500 g/mol. The molecule has 6 rings (SSSR count). The third kappa shape index (κ3) is 4.88. The number of hydrogen-bond acceptors (Lipinski definition) is 4. The van der Waals surface area contributed by atoms with Crippen LogP contribution in [0.25, 0.3) is 0 Å². The first-order chi connectivity index (χ1) is 17.6. The number of thiazole rings is 1. The van der Waals surface area contributed by atoms with Gasteiger partial charge in [0.05, 0.1) is 0 Å². The highest BCUT2D eigenvalue weighted by Crippen LogP contribution is 2.34. The number of nitrogens with zero attached hydrogens (tertiary/aromatic N) is 4. The van der Waals surface area contributed by atoms with E-state index in [4.69, 9.17) is 4.98 Å². The van der Waals surface area contributed by atoms with Gasteiger partial charge in [-0.1, -0.05) is 49.6 Å². The Labute approximate surface area is 218 Å². The number of carbonyl (C=O) groups is 1. The molecule has 2 fully saturated rings. The van der Waals surface area contributed by atoms with Gasteiger partial charge in [0, 0.05) is 56.4 Å². The van der Waals surface area contributed by atoms with Gasteiger partial charge >= 0.3 is 6.03 Å². The maximum atomic E-state index is 12.7. The maximum absolute atomic E-state index is 12.7. The molecule has 2 aromatic carbocycles. The van der Waals surface area contributed by atoms with Gasteiger partial charge < -0.3 is 9.80 Å². The van der Waals surface area contributed by atoms with Crippen LogP contribution >= 0.6 is 11.3 Å². The summed E-state index contributed by atoms with van der Waals surface area (Å²) in [5.41, 5.74) is 6.61. The molecule has 2 amide bonds. The fourth-order valence-corrected chi connectivity index (χ4v) is 7.02. The lowest BCUT2D eigenvalue weighted by atomic mass is 9.84. The largest absolute Gasteiger partial charge is 0.343 e. The Balaban J connectivity index is 1.12. The topological polar surface area (TPSA) is 39.7 Å². The molecule has 0 atom stereocenters. The van der Waals surface area contributed by atoms with E-state index in [1.807, 2.05) is 28.2 Å². The molecule has 0 unspecified atom stereocenters. The summed E-state index contributed by atoms with van der Waals surface area (Å²) in [5, 5.41) is 1.11. The summed E-state index contributed by atoms with van der Waals surface area (Å²) in [4.78, 5) is 24.9. The van der Waals surface area contributed by atoms with Crippen molar-refractivity contribution in [2.45, 2.75) is 63.8 Å². The van der Waals surface area contributed by atoms with Gasteiger partial charge in [-0.05, 0) is 66.0 Å². The van der Waals surface area contributed by atoms with Crippen LogP contribution in [0.15, 0.2) is 48.7 Å². The van der Waals surface area contributed by atoms with Gasteiger partial charge in [-0.2, -0.15) is 0 Å². The third-order valence-corrected chi connectivity index (χ3v) is 9.25. The number of carbonyl (C=O) groups excluding carboxylic acids is 1. The van der Waals surface area contributed by atoms with E-state index < -0.39 is 0 Å². The van der Waals surface area contributed by atoms with E-state index in [9.17, 15) is 4.79 Å². The van der Waals surface area contributed by atoms with Gasteiger partial charge in [0.2, 0.25) is 0 Å². The van der Waals surface area contributed by atoms with Crippen LogP contribution in [0, 0.1) is 0 Å². The molecule has 0 N–H and O–H groups in total. The smallest absolute Gasteiger partial charge is 0.324 e. The summed E-state index contributed by atoms with van der Waals surface area (Å²) < 4.78 is 0. The molecule has 36 heavy (non-hydrogen) atoms. The Morgan fingerprint density at radius 2 is 1.78 bits per heavy atom. The van der Waals surface area contributed by atoms with E-state index >= 15 is 0 Å². The van der Waals surface area contributed by atoms with Crippen molar-refractivity contribution in [1.82, 2.24) is 9.88 Å². The van der Waals surface area contributed by atoms with Crippen LogP contribution < -0.4 is 9.80 Å². The second kappa shape index (κ2) is 10.3. The minimum absolute atomic E-state index is 0.102. The van der Waals surface area contributed by atoms with Crippen LogP contribution in [0.5, 0.6) is 0 Å². The lowest BCUT2D eigenvalue weighted by molar-refractivity contribution is 0.207. The quantitative estimate of drug-likeness (QED) is 0.396. The standard InChI is InChI=1S/C30H36N4OS/c1-32-15-5-16-34(30(32)35)27-13-12-25-14-17-33(21-26(25)19-27)29-31-20-28(36-29)18-22-8-10-24(11-9-22)23-6-3-2-4-7-23/h8-13,19-20,23H,2-7,14-18,21H2,1H3. The van der Waals surface area contributed by atoms with Crippen LogP contribution in [-0.2, 0) is 19.4 Å². The summed E-state index contributed by atoms with van der Waals surface area (Å²) in [6, 6.07) is 16.0. The first-order valence-electron chi connectivity index (χ1n) is 13.6. The number of rotatable bonds is 5. The molecule has 1 aromatic heterocycles. The van der Waals surface area contributed by atoms with Crippen molar-refractivity contribution in [1.29, 1.82) is 0 Å². The molecule has 0 radical (unpaired) electrons. The second-order valence-electron chi connectivity index (χ2n) is 10.7. The van der Waals surface area contributed by atoms with Crippen LogP contribution in [-0.4, -0.2) is 42.6 Å². The summed E-state index contributed by atoms with van der Waals surface area (Å²) in [6.45, 7) is 3.47. The normalized spacial score (nSPS) is 19.0. The van der Waals surface area contributed by atoms with Gasteiger partial charge in [-0.15, -0.1) is 11.3 Å². The van der Waals surface area contributed by atoms with Gasteiger partial charge in [-0.25, -0.2) is 9.78 Å². The highest BCUT2D eigenvalue weighted by Gasteiger charge is 2.26. The molecule has 1 saturated carbocycles. The molecular formula is C30H36N4OS. The number of fused-ring (bicyclic) bond motifs is 1. The van der Waals surface area contributed by atoms with Gasteiger partial charge in [0.1, 0.15) is 0 Å². The Morgan fingerprint density at radius 1 is 0.944 bits per heavy atom. The van der Waals surface area contributed by atoms with Crippen molar-refractivity contribution in [3.8, 4) is 0 Å². The zero-order chi connectivity index (χ0) is 24.5. The van der Waals surface area contributed by atoms with Gasteiger partial charge in [-0.3, -0.25) is 4.90 Å². The molecule has 2 aliphatic heterocycles. The SMILES string of the molecule is CN1CCCN(c2ccc3c(c2)CN(c2ncc(Cc4ccc(C5CCCCC5)cc4)s2)CC3)C1=O. The summed E-state index contributed by atoms with van der Waals surface area (Å²) in [6.07, 6.45) is 11.9. The molecule has 6 heteroatoms. The average molecular weight is 501 g/mol. The summed E-state index contributed by atoms with van der Waals surface area (Å²) >= 11 is 1.82. The maximum Gasteiger partial charge on any atom is 0.324 e. The van der Waals surface area contributed by atoms with Crippen LogP contribution in [0.1, 0.15) is 71.6 Å². The first kappa shape index (κ1) is 23.5. The van der Waals surface area contributed by atoms with E-state index in [2.05, 4.69) is 53.6 Å². The van der Waals surface area contributed by atoms with E-state index in [1.165, 1.54) is 59.2 Å². The lowest BCUT2D eigenvalue weighted by Gasteiger charge is -2.34. The van der Waals surface area contributed by atoms with E-state index in [-0.39, 0.29) is 6.03 Å². The van der Waals surface area contributed by atoms with Crippen molar-refractivity contribution in [3.63, 3.8) is 0 Å². The fraction of sp³-hybridized carbons (Fsp3) is 0.467. The van der Waals surface area contributed by atoms with Gasteiger partial charge in [0.15, 0.2) is 5.13 Å². The van der Waals surface area contributed by atoms with Gasteiger partial charge in [0.25, 0.3) is 0 Å². The second-order valence-corrected chi connectivity index (χ2v) is 11.8. The number of anilines is 2. The molecule has 3 aromatic rings. The van der Waals surface area contributed by atoms with Crippen LogP contribution in [0.2, 0.25) is 0 Å². The molecule has 188 valence electrons. The Morgan fingerprint density at radius 3 is 2.61 bits per heavy atom. The molecule has 0 bridgehead atoms. The van der Waals surface area contributed by atoms with Crippen LogP contribution in [0.4, 0.5) is 15.6 Å². The predicted octanol–water partition coefficient (Wildman–Crippen LogP) is 6.61. The zero-order valence-electron chi connectivity index (χ0n) is 21.3. The molecular weight excluding hydrogens is 464 g/mol. The number of benzene rings is 2. The lowest BCUT2D eigenvalue weighted by Crippen LogP contribution is -2.47. The Bertz CT molecular complexity index is 1210. The number of urea groups is 1. The number of amides is 2. The van der Waals surface area contributed by atoms with Crippen LogP contribution in [0.3, 0.4) is 0 Å². The zero-order valence-corrected chi connectivity index (χ0v) is 22.1. The Kier molecular flexibility index (Phi) is 6.70. The highest BCUT2D eigenvalue weighted by molar-refractivity contribution is 7.15. The number of aromatic nitrogens is 1. The van der Waals surface area contributed by atoms with Crippen molar-refractivity contribution in [3.05, 3.63) is 75.8 Å². The fourth-order valence-electron chi connectivity index (χ4n) is 6.05. The van der Waals surface area contributed by atoms with E-state index in [0.717, 1.165) is 62.2 Å². The molecule has 1 saturated heterocycles. The van der Waals surface area contributed by atoms with Crippen molar-refractivity contribution in [2.24, 2.45) is 0 Å². The third-order valence-electron chi connectivity index (χ3n) is 8.19. The molecule has 3 heterocycles. The van der Waals surface area contributed by atoms with Crippen molar-refractivity contribution >= 4 is 28.2 Å². The summed E-state index contributed by atoms with van der Waals surface area (Å²) in [5.74, 6) is 0.763.